The lowest BCUT2D eigenvalue weighted by Crippen LogP contribution is -2.52. The molecule has 1 aliphatic heterocycles. The summed E-state index contributed by atoms with van der Waals surface area (Å²) < 4.78 is 16.1. The van der Waals surface area contributed by atoms with E-state index in [0.29, 0.717) is 28.1 Å². The second kappa shape index (κ2) is 6.97. The van der Waals surface area contributed by atoms with Crippen LogP contribution in [0.2, 0.25) is 0 Å². The summed E-state index contributed by atoms with van der Waals surface area (Å²) in [5.41, 5.74) is 0.296. The molecule has 1 saturated heterocycles. The van der Waals surface area contributed by atoms with Gasteiger partial charge in [0, 0.05) is 12.1 Å². The molecule has 1 amide bonds. The lowest BCUT2D eigenvalue weighted by molar-refractivity contribution is -0.147. The highest BCUT2D eigenvalue weighted by atomic mass is 79.9. The summed E-state index contributed by atoms with van der Waals surface area (Å²) in [5, 5.41) is 9.22. The van der Waals surface area contributed by atoms with Crippen molar-refractivity contribution < 1.29 is 28.9 Å². The molecule has 1 aromatic rings. The van der Waals surface area contributed by atoms with Crippen LogP contribution < -0.4 is 9.47 Å². The molecule has 0 radical (unpaired) electrons. The van der Waals surface area contributed by atoms with Gasteiger partial charge in [0.2, 0.25) is 0 Å². The van der Waals surface area contributed by atoms with Gasteiger partial charge in [0.15, 0.2) is 6.04 Å². The van der Waals surface area contributed by atoms with Gasteiger partial charge < -0.3 is 24.2 Å². The molecule has 1 aliphatic rings. The summed E-state index contributed by atoms with van der Waals surface area (Å²) in [6.07, 6.45) is 0. The lowest BCUT2D eigenvalue weighted by atomic mass is 10.1. The van der Waals surface area contributed by atoms with Gasteiger partial charge in [0.05, 0.1) is 27.4 Å². The van der Waals surface area contributed by atoms with E-state index in [0.717, 1.165) is 0 Å². The highest BCUT2D eigenvalue weighted by molar-refractivity contribution is 9.10. The van der Waals surface area contributed by atoms with Gasteiger partial charge in [0.25, 0.3) is 5.91 Å². The fourth-order valence-electron chi connectivity index (χ4n) is 2.21. The molecule has 1 atom stereocenters. The normalized spacial score (nSPS) is 18.0. The van der Waals surface area contributed by atoms with Crippen LogP contribution in [0.4, 0.5) is 0 Å². The maximum Gasteiger partial charge on any atom is 0.328 e. The minimum absolute atomic E-state index is 0.0220. The fourth-order valence-corrected chi connectivity index (χ4v) is 2.76. The number of aliphatic carboxylic acids is 1. The topological polar surface area (TPSA) is 85.3 Å². The standard InChI is InChI=1S/C14H16BrNO6/c1-20-10-5-8(6-11(21-2)12(10)15)13(17)16-3-4-22-7-9(16)14(18)19/h5-6,9H,3-4,7H2,1-2H3,(H,18,19)/t9-/m1/s1. The van der Waals surface area contributed by atoms with E-state index in [1.165, 1.54) is 19.1 Å². The number of carbonyl (C=O) groups is 2. The average molecular weight is 374 g/mol. The Morgan fingerprint density at radius 1 is 1.32 bits per heavy atom. The summed E-state index contributed by atoms with van der Waals surface area (Å²) >= 11 is 3.33. The second-order valence-electron chi connectivity index (χ2n) is 4.62. The van der Waals surface area contributed by atoms with Gasteiger partial charge in [-0.3, -0.25) is 4.79 Å². The number of nitrogens with zero attached hydrogens (tertiary/aromatic N) is 1. The maximum absolute atomic E-state index is 12.6. The number of benzene rings is 1. The first kappa shape index (κ1) is 16.6. The molecule has 0 aliphatic carbocycles. The largest absolute Gasteiger partial charge is 0.495 e. The number of methoxy groups -OCH3 is 2. The Bertz CT molecular complexity index is 566. The van der Waals surface area contributed by atoms with Crippen molar-refractivity contribution >= 4 is 27.8 Å². The summed E-state index contributed by atoms with van der Waals surface area (Å²) in [5.74, 6) is -0.630. The van der Waals surface area contributed by atoms with Crippen LogP contribution in [0.15, 0.2) is 16.6 Å². The van der Waals surface area contributed by atoms with Gasteiger partial charge in [0.1, 0.15) is 16.0 Å². The number of hydrogen-bond acceptors (Lipinski definition) is 5. The van der Waals surface area contributed by atoms with E-state index in [-0.39, 0.29) is 13.2 Å². The molecule has 120 valence electrons. The van der Waals surface area contributed by atoms with E-state index < -0.39 is 17.9 Å². The van der Waals surface area contributed by atoms with Gasteiger partial charge in [-0.15, -0.1) is 0 Å². The van der Waals surface area contributed by atoms with Crippen molar-refractivity contribution in [3.05, 3.63) is 22.2 Å². The molecule has 1 heterocycles. The third-order valence-electron chi connectivity index (χ3n) is 3.37. The molecule has 0 unspecified atom stereocenters. The summed E-state index contributed by atoms with van der Waals surface area (Å²) in [6.45, 7) is 0.503. The van der Waals surface area contributed by atoms with Crippen molar-refractivity contribution in [3.8, 4) is 11.5 Å². The van der Waals surface area contributed by atoms with Crippen LogP contribution in [0, 0.1) is 0 Å². The quantitative estimate of drug-likeness (QED) is 0.858. The van der Waals surface area contributed by atoms with Gasteiger partial charge in [-0.25, -0.2) is 4.79 Å². The molecule has 22 heavy (non-hydrogen) atoms. The van der Waals surface area contributed by atoms with Crippen molar-refractivity contribution in [3.63, 3.8) is 0 Å². The van der Waals surface area contributed by atoms with E-state index in [1.54, 1.807) is 12.1 Å². The van der Waals surface area contributed by atoms with Crippen LogP contribution in [0.1, 0.15) is 10.4 Å². The van der Waals surface area contributed by atoms with E-state index in [9.17, 15) is 14.7 Å². The lowest BCUT2D eigenvalue weighted by Gasteiger charge is -2.33. The number of hydrogen-bond donors (Lipinski definition) is 1. The van der Waals surface area contributed by atoms with E-state index in [4.69, 9.17) is 14.2 Å². The number of carbonyl (C=O) groups excluding carboxylic acids is 1. The molecule has 0 saturated carbocycles. The molecule has 0 spiro atoms. The summed E-state index contributed by atoms with van der Waals surface area (Å²) in [4.78, 5) is 25.2. The van der Waals surface area contributed by atoms with Crippen LogP contribution in [-0.2, 0) is 9.53 Å². The van der Waals surface area contributed by atoms with Gasteiger partial charge in [-0.2, -0.15) is 0 Å². The third-order valence-corrected chi connectivity index (χ3v) is 4.15. The van der Waals surface area contributed by atoms with Crippen molar-refractivity contribution in [2.45, 2.75) is 6.04 Å². The minimum atomic E-state index is -1.09. The zero-order valence-corrected chi connectivity index (χ0v) is 13.8. The van der Waals surface area contributed by atoms with E-state index in [1.807, 2.05) is 0 Å². The van der Waals surface area contributed by atoms with Gasteiger partial charge in [-0.1, -0.05) is 0 Å². The van der Waals surface area contributed by atoms with Crippen molar-refractivity contribution in [1.29, 1.82) is 0 Å². The molecular weight excluding hydrogens is 358 g/mol. The number of ether oxygens (including phenoxy) is 3. The Hall–Kier alpha value is -1.80. The first-order valence-electron chi connectivity index (χ1n) is 6.52. The smallest absolute Gasteiger partial charge is 0.328 e. The molecule has 1 aromatic carbocycles. The minimum Gasteiger partial charge on any atom is -0.495 e. The Balaban J connectivity index is 2.37. The van der Waals surface area contributed by atoms with Crippen LogP contribution in [0.3, 0.4) is 0 Å². The molecule has 7 nitrogen and oxygen atoms in total. The van der Waals surface area contributed by atoms with E-state index in [2.05, 4.69) is 15.9 Å². The molecule has 0 aromatic heterocycles. The first-order valence-corrected chi connectivity index (χ1v) is 7.32. The number of carboxylic acid groups (broad SMARTS) is 1. The average Bonchev–Trinajstić information content (AvgIpc) is 2.54. The molecule has 2 rings (SSSR count). The predicted molar refractivity (Wildman–Crippen MR) is 80.5 cm³/mol. The molecular formula is C14H16BrNO6. The van der Waals surface area contributed by atoms with Crippen molar-refractivity contribution in [1.82, 2.24) is 4.90 Å². The van der Waals surface area contributed by atoms with Crippen molar-refractivity contribution in [2.75, 3.05) is 34.0 Å². The van der Waals surface area contributed by atoms with E-state index >= 15 is 0 Å². The molecule has 8 heteroatoms. The molecule has 1 fully saturated rings. The predicted octanol–water partition coefficient (Wildman–Crippen LogP) is 1.39. The monoisotopic (exact) mass is 373 g/mol. The third kappa shape index (κ3) is 3.17. The van der Waals surface area contributed by atoms with Crippen LogP contribution in [0.25, 0.3) is 0 Å². The Morgan fingerprint density at radius 3 is 2.41 bits per heavy atom. The number of amides is 1. The highest BCUT2D eigenvalue weighted by Crippen LogP contribution is 2.36. The Morgan fingerprint density at radius 2 is 1.91 bits per heavy atom. The molecule has 1 N–H and O–H groups in total. The first-order chi connectivity index (χ1) is 10.5. The number of morpholine rings is 1. The van der Waals surface area contributed by atoms with Crippen LogP contribution in [0.5, 0.6) is 11.5 Å². The zero-order valence-electron chi connectivity index (χ0n) is 12.2. The second-order valence-corrected chi connectivity index (χ2v) is 5.42. The number of rotatable bonds is 4. The van der Waals surface area contributed by atoms with Crippen LogP contribution >= 0.6 is 15.9 Å². The SMILES string of the molecule is COc1cc(C(=O)N2CCOC[C@@H]2C(=O)O)cc(OC)c1Br. The summed E-state index contributed by atoms with van der Waals surface area (Å²) in [7, 11) is 2.95. The maximum atomic E-state index is 12.6. The van der Waals surface area contributed by atoms with Gasteiger partial charge in [-0.05, 0) is 28.1 Å². The zero-order chi connectivity index (χ0) is 16.3. The Kier molecular flexibility index (Phi) is 5.25. The number of halogens is 1. The number of carboxylic acids is 1. The van der Waals surface area contributed by atoms with Crippen LogP contribution in [-0.4, -0.2) is 61.9 Å². The molecule has 0 bridgehead atoms. The highest BCUT2D eigenvalue weighted by Gasteiger charge is 2.33. The Labute approximate surface area is 135 Å². The van der Waals surface area contributed by atoms with Gasteiger partial charge >= 0.3 is 5.97 Å². The van der Waals surface area contributed by atoms with Crippen molar-refractivity contribution in [2.24, 2.45) is 0 Å². The fraction of sp³-hybridized carbons (Fsp3) is 0.429. The summed E-state index contributed by atoms with van der Waals surface area (Å²) in [6, 6.07) is 2.09.